The van der Waals surface area contributed by atoms with Crippen LogP contribution in [0.5, 0.6) is 0 Å². The van der Waals surface area contributed by atoms with E-state index in [1.54, 1.807) is 0 Å². The van der Waals surface area contributed by atoms with Crippen molar-refractivity contribution >= 4 is 59.5 Å². The van der Waals surface area contributed by atoms with Gasteiger partial charge in [-0.1, -0.05) is 78.9 Å². The maximum Gasteiger partial charge on any atom is 0.522 e. The van der Waals surface area contributed by atoms with E-state index in [2.05, 4.69) is 172 Å². The van der Waals surface area contributed by atoms with Crippen molar-refractivity contribution in [2.75, 3.05) is 57.0 Å². The highest BCUT2D eigenvalue weighted by atomic mass is 32.2. The minimum Gasteiger partial charge on any atom is -0.378 e. The van der Waals surface area contributed by atoms with Crippen molar-refractivity contribution in [1.82, 2.24) is 0 Å². The van der Waals surface area contributed by atoms with Gasteiger partial charge in [-0.05, 0) is 102 Å². The Bertz CT molecular complexity index is 2320. The van der Waals surface area contributed by atoms with Crippen molar-refractivity contribution in [2.45, 2.75) is 5.51 Å². The summed E-state index contributed by atoms with van der Waals surface area (Å²) in [5, 5.41) is 7.81. The molecule has 51 heavy (non-hydrogen) atoms. The molecule has 7 aromatic rings. The summed E-state index contributed by atoms with van der Waals surface area (Å²) in [6.07, 6.45) is 0. The van der Waals surface area contributed by atoms with E-state index >= 15 is 0 Å². The Hall–Kier alpha value is -5.32. The summed E-state index contributed by atoms with van der Waals surface area (Å²) in [4.78, 5) is 6.48. The molecule has 0 fully saturated rings. The number of anilines is 3. The summed E-state index contributed by atoms with van der Waals surface area (Å²) in [6, 6.07) is 43.1. The van der Waals surface area contributed by atoms with Crippen LogP contribution in [0.3, 0.4) is 0 Å². The third kappa shape index (κ3) is 6.77. The molecule has 0 aliphatic carbocycles. The second-order valence-electron chi connectivity index (χ2n) is 13.1. The molecule has 0 heterocycles. The summed E-state index contributed by atoms with van der Waals surface area (Å²) in [7, 11) is 6.73. The van der Waals surface area contributed by atoms with Crippen LogP contribution >= 0.6 is 0 Å². The standard InChI is InChI=1S/C40H37N3.CHF3O3S/c1-41(2)31-18-10-28(11-19-31)37-34-24-16-26-8-7-9-27-17-25-35(40(34)36(26)27)38(29-12-20-32(21-13-29)42(3)4)39(37)30-14-22-33(23-15-30)43(5)6;2-1(3,4)8(5,6)7/h7-25H,1-6H3;(H,5,6,7). The van der Waals surface area contributed by atoms with Gasteiger partial charge in [0.1, 0.15) is 0 Å². The van der Waals surface area contributed by atoms with Crippen molar-refractivity contribution in [2.24, 2.45) is 0 Å². The predicted octanol–water partition coefficient (Wildman–Crippen LogP) is 10.2. The first-order valence-electron chi connectivity index (χ1n) is 16.2. The molecule has 0 aliphatic heterocycles. The lowest BCUT2D eigenvalue weighted by Crippen LogP contribution is -2.21. The molecule has 6 nitrogen and oxygen atoms in total. The zero-order valence-electron chi connectivity index (χ0n) is 29.1. The number of benzene rings is 7. The van der Waals surface area contributed by atoms with Crippen LogP contribution in [-0.4, -0.2) is 60.8 Å². The monoisotopic (exact) mass is 709 g/mol. The molecule has 0 amide bonds. The van der Waals surface area contributed by atoms with Crippen molar-refractivity contribution < 1.29 is 26.1 Å². The van der Waals surface area contributed by atoms with Crippen LogP contribution in [0.2, 0.25) is 0 Å². The van der Waals surface area contributed by atoms with Crippen molar-refractivity contribution in [3.8, 4) is 33.4 Å². The first kappa shape index (κ1) is 35.5. The summed E-state index contributed by atoms with van der Waals surface area (Å²) >= 11 is 0. The largest absolute Gasteiger partial charge is 0.522 e. The molecular weight excluding hydrogens is 672 g/mol. The molecule has 7 aromatic carbocycles. The number of hydrogen-bond acceptors (Lipinski definition) is 5. The quantitative estimate of drug-likeness (QED) is 0.105. The van der Waals surface area contributed by atoms with E-state index in [0.717, 1.165) is 0 Å². The highest BCUT2D eigenvalue weighted by Gasteiger charge is 2.44. The van der Waals surface area contributed by atoms with E-state index in [1.807, 2.05) is 0 Å². The topological polar surface area (TPSA) is 64.1 Å². The van der Waals surface area contributed by atoms with E-state index in [-0.39, 0.29) is 0 Å². The number of alkyl halides is 3. The van der Waals surface area contributed by atoms with Gasteiger partial charge in [-0.25, -0.2) is 0 Å². The number of hydrogen-bond donors (Lipinski definition) is 1. The van der Waals surface area contributed by atoms with Crippen LogP contribution in [0, 0.1) is 0 Å². The van der Waals surface area contributed by atoms with Crippen LogP contribution in [0.25, 0.3) is 65.7 Å². The number of rotatable bonds is 6. The molecule has 0 aliphatic rings. The second kappa shape index (κ2) is 13.4. The molecule has 0 spiro atoms. The first-order chi connectivity index (χ1) is 24.1. The summed E-state index contributed by atoms with van der Waals surface area (Å²) in [6.45, 7) is 0. The van der Waals surface area contributed by atoms with Gasteiger partial charge in [0.05, 0.1) is 0 Å². The molecule has 262 valence electrons. The fourth-order valence-electron chi connectivity index (χ4n) is 6.56. The van der Waals surface area contributed by atoms with Crippen LogP contribution in [0.4, 0.5) is 30.2 Å². The van der Waals surface area contributed by atoms with E-state index in [9.17, 15) is 13.2 Å². The minimum atomic E-state index is -5.84. The predicted molar refractivity (Wildman–Crippen MR) is 207 cm³/mol. The lowest BCUT2D eigenvalue weighted by molar-refractivity contribution is -0.0510. The molecule has 0 radical (unpaired) electrons. The first-order valence-corrected chi connectivity index (χ1v) is 17.6. The maximum atomic E-state index is 10.7. The number of halogens is 3. The highest BCUT2D eigenvalue weighted by Crippen LogP contribution is 2.51. The molecule has 10 heteroatoms. The van der Waals surface area contributed by atoms with Gasteiger partial charge in [-0.3, -0.25) is 4.55 Å². The normalized spacial score (nSPS) is 11.9. The van der Waals surface area contributed by atoms with Crippen LogP contribution in [0.1, 0.15) is 0 Å². The Kier molecular flexibility index (Phi) is 9.35. The highest BCUT2D eigenvalue weighted by molar-refractivity contribution is 7.86. The summed E-state index contributed by atoms with van der Waals surface area (Å²) in [5.41, 5.74) is 5.53. The fraction of sp³-hybridized carbons (Fsp3) is 0.171. The molecular formula is C41H38F3N3O3S. The summed E-state index contributed by atoms with van der Waals surface area (Å²) < 4.78 is 57.5. The van der Waals surface area contributed by atoms with E-state index in [0.29, 0.717) is 0 Å². The van der Waals surface area contributed by atoms with Gasteiger partial charge in [0.15, 0.2) is 0 Å². The SMILES string of the molecule is CN(C)c1ccc(-c2c(-c3ccc(N(C)C)cc3)c3ccc4cccc5ccc(c2-c2ccc(N(C)C)cc2)c3c45)cc1.O=S(=O)(O)C(F)(F)F. The average molecular weight is 710 g/mol. The van der Waals surface area contributed by atoms with Gasteiger partial charge >= 0.3 is 15.6 Å². The third-order valence-corrected chi connectivity index (χ3v) is 9.71. The van der Waals surface area contributed by atoms with Crippen LogP contribution in [-0.2, 0) is 10.1 Å². The van der Waals surface area contributed by atoms with Gasteiger partial charge in [-0.15, -0.1) is 0 Å². The molecule has 0 aromatic heterocycles. The van der Waals surface area contributed by atoms with Gasteiger partial charge < -0.3 is 14.7 Å². The molecule has 0 saturated heterocycles. The maximum absolute atomic E-state index is 10.7. The molecule has 0 saturated carbocycles. The second-order valence-corrected chi connectivity index (χ2v) is 14.5. The third-order valence-electron chi connectivity index (χ3n) is 9.13. The van der Waals surface area contributed by atoms with E-state index in [1.165, 1.54) is 82.8 Å². The Labute approximate surface area is 296 Å². The average Bonchev–Trinajstić information content (AvgIpc) is 3.09. The van der Waals surface area contributed by atoms with Crippen molar-refractivity contribution in [3.63, 3.8) is 0 Å². The Morgan fingerprint density at radius 2 is 0.784 bits per heavy atom. The molecule has 1 N–H and O–H groups in total. The fourth-order valence-corrected chi connectivity index (χ4v) is 6.56. The molecule has 0 unspecified atom stereocenters. The van der Waals surface area contributed by atoms with Gasteiger partial charge in [-0.2, -0.15) is 21.6 Å². The zero-order chi connectivity index (χ0) is 36.8. The van der Waals surface area contributed by atoms with Gasteiger partial charge in [0.2, 0.25) is 0 Å². The minimum absolute atomic E-state index is 1.19. The summed E-state index contributed by atoms with van der Waals surface area (Å²) in [5.74, 6) is 0. The van der Waals surface area contributed by atoms with Gasteiger partial charge in [0.25, 0.3) is 0 Å². The molecule has 7 rings (SSSR count). The lowest BCUT2D eigenvalue weighted by Gasteiger charge is -2.24. The Morgan fingerprint density at radius 3 is 1.08 bits per heavy atom. The number of nitrogens with zero attached hydrogens (tertiary/aromatic N) is 3. The van der Waals surface area contributed by atoms with E-state index in [4.69, 9.17) is 13.0 Å². The van der Waals surface area contributed by atoms with Crippen LogP contribution < -0.4 is 14.7 Å². The molecule has 0 atom stereocenters. The zero-order valence-corrected chi connectivity index (χ0v) is 29.9. The Morgan fingerprint density at radius 1 is 0.471 bits per heavy atom. The smallest absolute Gasteiger partial charge is 0.378 e. The lowest BCUT2D eigenvalue weighted by atomic mass is 9.79. The van der Waals surface area contributed by atoms with Crippen LogP contribution in [0.15, 0.2) is 115 Å². The van der Waals surface area contributed by atoms with E-state index < -0.39 is 15.6 Å². The van der Waals surface area contributed by atoms with Crippen molar-refractivity contribution in [3.05, 3.63) is 115 Å². The Balaban J connectivity index is 0.000000503. The van der Waals surface area contributed by atoms with Gasteiger partial charge in [0, 0.05) is 59.3 Å². The van der Waals surface area contributed by atoms with Crippen molar-refractivity contribution in [1.29, 1.82) is 0 Å². The molecule has 0 bridgehead atoms.